The molecular weight excluding hydrogens is 288 g/mol. The highest BCUT2D eigenvalue weighted by molar-refractivity contribution is 6.31. The maximum absolute atomic E-state index is 11.1. The number of nitro groups is 1. The van der Waals surface area contributed by atoms with Gasteiger partial charge < -0.3 is 4.74 Å². The van der Waals surface area contributed by atoms with E-state index >= 15 is 0 Å². The third-order valence-corrected chi connectivity index (χ3v) is 2.93. The predicted octanol–water partition coefficient (Wildman–Crippen LogP) is 3.55. The molecule has 0 N–H and O–H groups in total. The van der Waals surface area contributed by atoms with Gasteiger partial charge in [0.1, 0.15) is 0 Å². The lowest BCUT2D eigenvalue weighted by Crippen LogP contribution is -2.04. The molecule has 0 unspecified atom stereocenters. The average molecular weight is 299 g/mol. The predicted molar refractivity (Wildman–Crippen MR) is 71.2 cm³/mol. The molecule has 0 saturated heterocycles. The summed E-state index contributed by atoms with van der Waals surface area (Å²) in [5.41, 5.74) is 8.70. The number of nitrogens with zero attached hydrogens (tertiary/aromatic N) is 4. The molecule has 0 fully saturated rings. The molecule has 1 rings (SSSR count). The van der Waals surface area contributed by atoms with Gasteiger partial charge in [0.15, 0.2) is 0 Å². The van der Waals surface area contributed by atoms with Crippen LogP contribution in [0.3, 0.4) is 0 Å². The number of benzene rings is 1. The van der Waals surface area contributed by atoms with Crippen molar-refractivity contribution in [3.05, 3.63) is 49.3 Å². The van der Waals surface area contributed by atoms with Gasteiger partial charge in [-0.25, -0.2) is 0 Å². The van der Waals surface area contributed by atoms with E-state index in [1.54, 1.807) is 0 Å². The molecule has 106 valence electrons. The van der Waals surface area contributed by atoms with Gasteiger partial charge in [-0.3, -0.25) is 14.9 Å². The summed E-state index contributed by atoms with van der Waals surface area (Å²) in [6.07, 6.45) is 0.164. The maximum atomic E-state index is 11.1. The molecule has 0 aliphatic rings. The number of rotatable bonds is 6. The first kappa shape index (κ1) is 15.7. The van der Waals surface area contributed by atoms with Crippen LogP contribution >= 0.6 is 11.6 Å². The van der Waals surface area contributed by atoms with Crippen molar-refractivity contribution in [3.8, 4) is 0 Å². The van der Waals surface area contributed by atoms with E-state index in [-0.39, 0.29) is 23.6 Å². The number of halogens is 1. The van der Waals surface area contributed by atoms with Crippen molar-refractivity contribution in [2.75, 3.05) is 7.11 Å². The first-order valence-electron chi connectivity index (χ1n) is 5.54. The molecule has 1 aromatic rings. The van der Waals surface area contributed by atoms with E-state index in [9.17, 15) is 14.9 Å². The van der Waals surface area contributed by atoms with Gasteiger partial charge in [0.2, 0.25) is 0 Å². The Bertz CT molecular complexity index is 572. The van der Waals surface area contributed by atoms with Crippen molar-refractivity contribution in [2.24, 2.45) is 5.11 Å². The van der Waals surface area contributed by atoms with E-state index in [4.69, 9.17) is 17.1 Å². The van der Waals surface area contributed by atoms with Crippen molar-refractivity contribution in [3.63, 3.8) is 0 Å². The van der Waals surface area contributed by atoms with Crippen LogP contribution in [0.25, 0.3) is 10.4 Å². The van der Waals surface area contributed by atoms with E-state index in [0.29, 0.717) is 5.56 Å². The van der Waals surface area contributed by atoms with Crippen LogP contribution in [-0.4, -0.2) is 18.0 Å². The van der Waals surface area contributed by atoms with E-state index in [1.165, 1.54) is 25.3 Å². The third kappa shape index (κ3) is 4.11. The van der Waals surface area contributed by atoms with Gasteiger partial charge in [0, 0.05) is 28.5 Å². The first-order valence-corrected chi connectivity index (χ1v) is 5.92. The second-order valence-corrected chi connectivity index (χ2v) is 4.21. The molecule has 1 atom stereocenters. The van der Waals surface area contributed by atoms with Gasteiger partial charge in [-0.15, -0.1) is 0 Å². The van der Waals surface area contributed by atoms with Gasteiger partial charge in [-0.2, -0.15) is 0 Å². The molecule has 9 heteroatoms. The van der Waals surface area contributed by atoms with Crippen LogP contribution in [0.5, 0.6) is 0 Å². The van der Waals surface area contributed by atoms with E-state index in [2.05, 4.69) is 14.8 Å². The SMILES string of the molecule is COC(=O)CC[C@H](N=[N+]=[N-])c1cc([N+](=O)[O-])ccc1Cl. The van der Waals surface area contributed by atoms with Crippen molar-refractivity contribution in [2.45, 2.75) is 18.9 Å². The summed E-state index contributed by atoms with van der Waals surface area (Å²) in [5.74, 6) is -0.468. The second-order valence-electron chi connectivity index (χ2n) is 3.80. The number of nitro benzene ring substituents is 1. The topological polar surface area (TPSA) is 118 Å². The van der Waals surface area contributed by atoms with Crippen LogP contribution in [0.2, 0.25) is 5.02 Å². The molecule has 0 aliphatic carbocycles. The molecule has 0 aromatic heterocycles. The Kier molecular flexibility index (Phi) is 5.76. The highest BCUT2D eigenvalue weighted by Gasteiger charge is 2.18. The van der Waals surface area contributed by atoms with Crippen LogP contribution in [0.15, 0.2) is 23.3 Å². The molecule has 0 amide bonds. The van der Waals surface area contributed by atoms with Crippen LogP contribution in [0.4, 0.5) is 5.69 Å². The summed E-state index contributed by atoms with van der Waals surface area (Å²) in [7, 11) is 1.24. The van der Waals surface area contributed by atoms with Gasteiger partial charge in [0.05, 0.1) is 18.1 Å². The van der Waals surface area contributed by atoms with Gasteiger partial charge in [-0.1, -0.05) is 16.7 Å². The van der Waals surface area contributed by atoms with Crippen molar-refractivity contribution >= 4 is 23.3 Å². The maximum Gasteiger partial charge on any atom is 0.305 e. The Labute approximate surface area is 119 Å². The van der Waals surface area contributed by atoms with Crippen molar-refractivity contribution in [1.29, 1.82) is 0 Å². The van der Waals surface area contributed by atoms with Crippen molar-refractivity contribution in [1.82, 2.24) is 0 Å². The molecule has 0 aliphatic heterocycles. The smallest absolute Gasteiger partial charge is 0.305 e. The Morgan fingerprint density at radius 3 is 2.90 bits per heavy atom. The largest absolute Gasteiger partial charge is 0.469 e. The zero-order valence-corrected chi connectivity index (χ0v) is 11.3. The number of carbonyl (C=O) groups excluding carboxylic acids is 1. The fraction of sp³-hybridized carbons (Fsp3) is 0.364. The molecular formula is C11H11ClN4O4. The lowest BCUT2D eigenvalue weighted by atomic mass is 10.0. The monoisotopic (exact) mass is 298 g/mol. The minimum atomic E-state index is -0.772. The lowest BCUT2D eigenvalue weighted by Gasteiger charge is -2.12. The quantitative estimate of drug-likeness (QED) is 0.199. The highest BCUT2D eigenvalue weighted by Crippen LogP contribution is 2.32. The number of azide groups is 1. The van der Waals surface area contributed by atoms with Crippen LogP contribution < -0.4 is 0 Å². The number of ether oxygens (including phenoxy) is 1. The third-order valence-electron chi connectivity index (χ3n) is 2.59. The lowest BCUT2D eigenvalue weighted by molar-refractivity contribution is -0.384. The highest BCUT2D eigenvalue weighted by atomic mass is 35.5. The molecule has 0 radical (unpaired) electrons. The summed E-state index contributed by atoms with van der Waals surface area (Å²) in [5, 5.41) is 14.5. The minimum Gasteiger partial charge on any atom is -0.469 e. The number of non-ortho nitro benzene ring substituents is 1. The molecule has 0 saturated carbocycles. The standard InChI is InChI=1S/C11H11ClN4O4/c1-20-11(17)5-4-10(14-15-13)8-6-7(16(18)19)2-3-9(8)12/h2-3,6,10H,4-5H2,1H3/t10-/m0/s1. The normalized spacial score (nSPS) is 11.3. The van der Waals surface area contributed by atoms with Crippen LogP contribution in [0, 0.1) is 10.1 Å². The fourth-order valence-corrected chi connectivity index (χ4v) is 1.84. The minimum absolute atomic E-state index is 0.0131. The average Bonchev–Trinajstić information content (AvgIpc) is 2.43. The van der Waals surface area contributed by atoms with Crippen LogP contribution in [0.1, 0.15) is 24.4 Å². The fourth-order valence-electron chi connectivity index (χ4n) is 1.59. The number of hydrogen-bond donors (Lipinski definition) is 0. The summed E-state index contributed by atoms with van der Waals surface area (Å²) >= 11 is 5.96. The van der Waals surface area contributed by atoms with Gasteiger partial charge in [-0.05, 0) is 23.6 Å². The molecule has 8 nitrogen and oxygen atoms in total. The molecule has 0 spiro atoms. The summed E-state index contributed by atoms with van der Waals surface area (Å²) in [6, 6.07) is 3.07. The second kappa shape index (κ2) is 7.32. The van der Waals surface area contributed by atoms with E-state index in [0.717, 1.165) is 0 Å². The Morgan fingerprint density at radius 1 is 1.65 bits per heavy atom. The number of methoxy groups -OCH3 is 1. The van der Waals surface area contributed by atoms with Crippen molar-refractivity contribution < 1.29 is 14.5 Å². The van der Waals surface area contributed by atoms with E-state index in [1.807, 2.05) is 0 Å². The molecule has 0 heterocycles. The Hall–Kier alpha value is -2.31. The summed E-state index contributed by atoms with van der Waals surface area (Å²) in [6.45, 7) is 0. The zero-order valence-electron chi connectivity index (χ0n) is 10.5. The molecule has 20 heavy (non-hydrogen) atoms. The van der Waals surface area contributed by atoms with Gasteiger partial charge >= 0.3 is 5.97 Å². The number of esters is 1. The summed E-state index contributed by atoms with van der Waals surface area (Å²) in [4.78, 5) is 24.0. The molecule has 1 aromatic carbocycles. The number of carbonyl (C=O) groups is 1. The zero-order chi connectivity index (χ0) is 15.1. The number of hydrogen-bond acceptors (Lipinski definition) is 5. The Morgan fingerprint density at radius 2 is 2.35 bits per heavy atom. The van der Waals surface area contributed by atoms with Crippen LogP contribution in [-0.2, 0) is 9.53 Å². The summed E-state index contributed by atoms with van der Waals surface area (Å²) < 4.78 is 4.49. The molecule has 0 bridgehead atoms. The first-order chi connectivity index (χ1) is 9.49. The Balaban J connectivity index is 3.07. The van der Waals surface area contributed by atoms with E-state index < -0.39 is 16.9 Å². The van der Waals surface area contributed by atoms with Gasteiger partial charge in [0.25, 0.3) is 5.69 Å².